The maximum absolute atomic E-state index is 12.3. The Bertz CT molecular complexity index is 822. The first-order chi connectivity index (χ1) is 11.5. The number of hydrogen-bond donors (Lipinski definition) is 0. The van der Waals surface area contributed by atoms with Gasteiger partial charge in [-0.3, -0.25) is 10.1 Å². The Kier molecular flexibility index (Phi) is 4.26. The van der Waals surface area contributed by atoms with E-state index in [9.17, 15) is 14.9 Å². The molecule has 0 bridgehead atoms. The van der Waals surface area contributed by atoms with Gasteiger partial charge in [0.15, 0.2) is 11.5 Å². The van der Waals surface area contributed by atoms with Crippen molar-refractivity contribution in [3.63, 3.8) is 0 Å². The number of esters is 1. The first-order valence-corrected chi connectivity index (χ1v) is 7.38. The summed E-state index contributed by atoms with van der Waals surface area (Å²) in [5.41, 5.74) is 0.660. The molecule has 3 rings (SSSR count). The lowest BCUT2D eigenvalue weighted by Gasteiger charge is -2.14. The Morgan fingerprint density at radius 3 is 2.88 bits per heavy atom. The third-order valence-electron chi connectivity index (χ3n) is 3.50. The average Bonchev–Trinajstić information content (AvgIpc) is 3.04. The number of fused-ring (bicyclic) bond motifs is 1. The van der Waals surface area contributed by atoms with Gasteiger partial charge in [-0.25, -0.2) is 4.79 Å². The zero-order chi connectivity index (χ0) is 17.3. The summed E-state index contributed by atoms with van der Waals surface area (Å²) >= 11 is 6.04. The summed E-state index contributed by atoms with van der Waals surface area (Å²) in [6, 6.07) is 8.83. The van der Waals surface area contributed by atoms with Crippen LogP contribution in [0.5, 0.6) is 11.5 Å². The van der Waals surface area contributed by atoms with Crippen molar-refractivity contribution in [1.29, 1.82) is 0 Å². The van der Waals surface area contributed by atoms with Gasteiger partial charge in [-0.2, -0.15) is 0 Å². The molecular weight excluding hydrogens is 338 g/mol. The highest BCUT2D eigenvalue weighted by molar-refractivity contribution is 6.32. The molecule has 2 aromatic carbocycles. The normalized spacial score (nSPS) is 13.4. The van der Waals surface area contributed by atoms with Crippen molar-refractivity contribution < 1.29 is 23.9 Å². The van der Waals surface area contributed by atoms with Crippen LogP contribution >= 0.6 is 11.6 Å². The minimum Gasteiger partial charge on any atom is -0.454 e. The molecule has 0 radical (unpaired) electrons. The van der Waals surface area contributed by atoms with Crippen LogP contribution in [0, 0.1) is 10.1 Å². The first-order valence-electron chi connectivity index (χ1n) is 7.00. The maximum atomic E-state index is 12.3. The van der Waals surface area contributed by atoms with E-state index in [-0.39, 0.29) is 23.1 Å². The summed E-state index contributed by atoms with van der Waals surface area (Å²) in [6.45, 7) is 1.67. The molecule has 8 heteroatoms. The van der Waals surface area contributed by atoms with Crippen LogP contribution in [0.4, 0.5) is 5.69 Å². The van der Waals surface area contributed by atoms with Gasteiger partial charge in [0.2, 0.25) is 6.79 Å². The predicted molar refractivity (Wildman–Crippen MR) is 84.5 cm³/mol. The molecule has 0 aliphatic carbocycles. The molecule has 0 amide bonds. The summed E-state index contributed by atoms with van der Waals surface area (Å²) in [6.07, 6.45) is -0.665. The topological polar surface area (TPSA) is 87.9 Å². The molecule has 0 saturated carbocycles. The number of nitro groups is 1. The van der Waals surface area contributed by atoms with E-state index in [1.807, 2.05) is 0 Å². The minimum atomic E-state index is -0.665. The van der Waals surface area contributed by atoms with Crippen LogP contribution in [-0.4, -0.2) is 17.7 Å². The molecule has 1 aliphatic rings. The van der Waals surface area contributed by atoms with E-state index >= 15 is 0 Å². The Hall–Kier alpha value is -2.80. The largest absolute Gasteiger partial charge is 0.454 e. The molecule has 7 nitrogen and oxygen atoms in total. The Morgan fingerprint density at radius 1 is 1.33 bits per heavy atom. The van der Waals surface area contributed by atoms with E-state index in [0.29, 0.717) is 17.1 Å². The van der Waals surface area contributed by atoms with Crippen LogP contribution in [0.3, 0.4) is 0 Å². The lowest BCUT2D eigenvalue weighted by molar-refractivity contribution is -0.385. The van der Waals surface area contributed by atoms with Crippen LogP contribution in [0.15, 0.2) is 36.4 Å². The van der Waals surface area contributed by atoms with E-state index in [4.69, 9.17) is 25.8 Å². The highest BCUT2D eigenvalue weighted by Crippen LogP contribution is 2.40. The fraction of sp³-hybridized carbons (Fsp3) is 0.188. The Labute approximate surface area is 141 Å². The predicted octanol–water partition coefficient (Wildman–Crippen LogP) is 3.89. The minimum absolute atomic E-state index is 0.0393. The number of rotatable bonds is 4. The summed E-state index contributed by atoms with van der Waals surface area (Å²) in [5, 5.41) is 11.1. The van der Waals surface area contributed by atoms with Gasteiger partial charge in [0.25, 0.3) is 5.69 Å². The molecule has 0 saturated heterocycles. The summed E-state index contributed by atoms with van der Waals surface area (Å²) in [7, 11) is 0. The molecule has 0 unspecified atom stereocenters. The van der Waals surface area contributed by atoms with E-state index < -0.39 is 17.0 Å². The zero-order valence-electron chi connectivity index (χ0n) is 12.5. The number of non-ortho nitro benzene ring substituents is 1. The molecular formula is C16H12ClNO6. The molecule has 124 valence electrons. The zero-order valence-corrected chi connectivity index (χ0v) is 13.3. The molecule has 1 aliphatic heterocycles. The van der Waals surface area contributed by atoms with Crippen molar-refractivity contribution >= 4 is 23.3 Å². The fourth-order valence-electron chi connectivity index (χ4n) is 2.27. The lowest BCUT2D eigenvalue weighted by atomic mass is 10.1. The van der Waals surface area contributed by atoms with Crippen LogP contribution < -0.4 is 9.47 Å². The summed E-state index contributed by atoms with van der Waals surface area (Å²) < 4.78 is 15.7. The van der Waals surface area contributed by atoms with Crippen molar-refractivity contribution in [3.05, 3.63) is 62.7 Å². The average molecular weight is 350 g/mol. The number of halogens is 1. The van der Waals surface area contributed by atoms with Crippen LogP contribution in [0.1, 0.15) is 28.9 Å². The van der Waals surface area contributed by atoms with Crippen molar-refractivity contribution in [3.8, 4) is 11.5 Å². The van der Waals surface area contributed by atoms with Gasteiger partial charge in [-0.05, 0) is 24.6 Å². The van der Waals surface area contributed by atoms with Crippen LogP contribution in [-0.2, 0) is 4.74 Å². The SMILES string of the molecule is C[C@@H](OC(=O)c1cc(Cl)c2c(c1)OCO2)c1cccc([N+](=O)[O-])c1. The Balaban J connectivity index is 1.78. The van der Waals surface area contributed by atoms with Crippen molar-refractivity contribution in [1.82, 2.24) is 0 Å². The summed E-state index contributed by atoms with van der Waals surface area (Å²) in [4.78, 5) is 22.6. The highest BCUT2D eigenvalue weighted by Gasteiger charge is 2.23. The van der Waals surface area contributed by atoms with E-state index in [0.717, 1.165) is 0 Å². The first kappa shape index (κ1) is 16.1. The van der Waals surface area contributed by atoms with Gasteiger partial charge >= 0.3 is 5.97 Å². The van der Waals surface area contributed by atoms with Gasteiger partial charge in [0.05, 0.1) is 15.5 Å². The van der Waals surface area contributed by atoms with Crippen LogP contribution in [0.2, 0.25) is 5.02 Å². The standard InChI is InChI=1S/C16H12ClNO6/c1-9(10-3-2-4-12(5-10)18(20)21)24-16(19)11-6-13(17)15-14(7-11)22-8-23-15/h2-7,9H,8H2,1H3/t9-/m1/s1. The van der Waals surface area contributed by atoms with Gasteiger partial charge in [-0.1, -0.05) is 23.7 Å². The third kappa shape index (κ3) is 3.11. The van der Waals surface area contributed by atoms with Gasteiger partial charge in [0, 0.05) is 12.1 Å². The van der Waals surface area contributed by atoms with Gasteiger partial charge < -0.3 is 14.2 Å². The molecule has 0 spiro atoms. The molecule has 0 N–H and O–H groups in total. The quantitative estimate of drug-likeness (QED) is 0.472. The van der Waals surface area contributed by atoms with Crippen molar-refractivity contribution in [2.24, 2.45) is 0 Å². The monoisotopic (exact) mass is 349 g/mol. The lowest BCUT2D eigenvalue weighted by Crippen LogP contribution is -2.09. The van der Waals surface area contributed by atoms with Gasteiger partial charge in [-0.15, -0.1) is 0 Å². The second-order valence-corrected chi connectivity index (χ2v) is 5.50. The summed E-state index contributed by atoms with van der Waals surface area (Å²) in [5.74, 6) is 0.145. The molecule has 24 heavy (non-hydrogen) atoms. The number of carbonyl (C=O) groups excluding carboxylic acids is 1. The van der Waals surface area contributed by atoms with E-state index in [1.165, 1.54) is 30.3 Å². The Morgan fingerprint density at radius 2 is 2.12 bits per heavy atom. The highest BCUT2D eigenvalue weighted by atomic mass is 35.5. The number of benzene rings is 2. The molecule has 0 aromatic heterocycles. The molecule has 0 fully saturated rings. The van der Waals surface area contributed by atoms with E-state index in [2.05, 4.69) is 0 Å². The second kappa shape index (κ2) is 6.37. The van der Waals surface area contributed by atoms with E-state index in [1.54, 1.807) is 13.0 Å². The second-order valence-electron chi connectivity index (χ2n) is 5.09. The molecule has 1 heterocycles. The van der Waals surface area contributed by atoms with Crippen LogP contribution in [0.25, 0.3) is 0 Å². The number of ether oxygens (including phenoxy) is 3. The van der Waals surface area contributed by atoms with Gasteiger partial charge in [0.1, 0.15) is 6.10 Å². The smallest absolute Gasteiger partial charge is 0.338 e. The van der Waals surface area contributed by atoms with Crippen molar-refractivity contribution in [2.75, 3.05) is 6.79 Å². The van der Waals surface area contributed by atoms with Crippen molar-refractivity contribution in [2.45, 2.75) is 13.0 Å². The fourth-order valence-corrected chi connectivity index (χ4v) is 2.54. The number of hydrogen-bond acceptors (Lipinski definition) is 6. The molecule has 2 aromatic rings. The number of nitrogens with zero attached hydrogens (tertiary/aromatic N) is 1. The number of carbonyl (C=O) groups is 1. The third-order valence-corrected chi connectivity index (χ3v) is 3.78. The number of nitro benzene ring substituents is 1. The maximum Gasteiger partial charge on any atom is 0.338 e. The molecule has 1 atom stereocenters.